The minimum absolute atomic E-state index is 0.187. The van der Waals surface area contributed by atoms with Gasteiger partial charge in [-0.25, -0.2) is 0 Å². The van der Waals surface area contributed by atoms with Crippen molar-refractivity contribution in [3.63, 3.8) is 0 Å². The molecule has 2 nitrogen and oxygen atoms in total. The van der Waals surface area contributed by atoms with Gasteiger partial charge in [-0.1, -0.05) is 47.5 Å². The van der Waals surface area contributed by atoms with Crippen LogP contribution in [0.15, 0.2) is 48.5 Å². The van der Waals surface area contributed by atoms with E-state index in [0.717, 1.165) is 17.7 Å². The van der Waals surface area contributed by atoms with Gasteiger partial charge in [-0.2, -0.15) is 0 Å². The molecule has 3 heterocycles. The number of hydrogen-bond donors (Lipinski definition) is 2. The van der Waals surface area contributed by atoms with Crippen LogP contribution >= 0.6 is 23.2 Å². The van der Waals surface area contributed by atoms with E-state index < -0.39 is 5.60 Å². The molecule has 24 heavy (non-hydrogen) atoms. The lowest BCUT2D eigenvalue weighted by atomic mass is 9.65. The summed E-state index contributed by atoms with van der Waals surface area (Å²) in [6.07, 6.45) is 2.37. The van der Waals surface area contributed by atoms with Gasteiger partial charge in [0.15, 0.2) is 0 Å². The Kier molecular flexibility index (Phi) is 4.34. The SMILES string of the molecule is OC(c1cccc(Cl)c1)(c1cccc(Cl)c1)[C@H]1C[NH+]2CCC1CC2. The van der Waals surface area contributed by atoms with Crippen molar-refractivity contribution in [1.82, 2.24) is 0 Å². The van der Waals surface area contributed by atoms with Gasteiger partial charge < -0.3 is 10.0 Å². The van der Waals surface area contributed by atoms with Crippen LogP contribution in [0.2, 0.25) is 10.0 Å². The molecular formula is C20H22Cl2NO+. The minimum Gasteiger partial charge on any atom is -0.380 e. The normalized spacial score (nSPS) is 26.5. The number of rotatable bonds is 3. The predicted octanol–water partition coefficient (Wildman–Crippen LogP) is 3.15. The third-order valence-corrected chi connectivity index (χ3v) is 6.35. The van der Waals surface area contributed by atoms with E-state index in [0.29, 0.717) is 16.0 Å². The van der Waals surface area contributed by atoms with E-state index in [1.54, 1.807) is 4.90 Å². The van der Waals surface area contributed by atoms with Crippen molar-refractivity contribution >= 4 is 23.2 Å². The van der Waals surface area contributed by atoms with Gasteiger partial charge in [-0.15, -0.1) is 0 Å². The molecule has 1 atom stereocenters. The monoisotopic (exact) mass is 362 g/mol. The molecule has 5 rings (SSSR count). The van der Waals surface area contributed by atoms with Crippen molar-refractivity contribution in [2.24, 2.45) is 11.8 Å². The Morgan fingerprint density at radius 2 is 1.46 bits per heavy atom. The molecular weight excluding hydrogens is 341 g/mol. The largest absolute Gasteiger partial charge is 0.380 e. The summed E-state index contributed by atoms with van der Waals surface area (Å²) >= 11 is 12.5. The third kappa shape index (κ3) is 2.76. The van der Waals surface area contributed by atoms with E-state index >= 15 is 0 Å². The first-order valence-electron chi connectivity index (χ1n) is 8.65. The average molecular weight is 363 g/mol. The number of piperidine rings is 3. The fraction of sp³-hybridized carbons (Fsp3) is 0.400. The highest BCUT2D eigenvalue weighted by Crippen LogP contribution is 2.44. The molecule has 126 valence electrons. The van der Waals surface area contributed by atoms with Gasteiger partial charge in [0, 0.05) is 28.8 Å². The van der Waals surface area contributed by atoms with Crippen molar-refractivity contribution in [2.45, 2.75) is 18.4 Å². The van der Waals surface area contributed by atoms with Crippen LogP contribution in [0.1, 0.15) is 24.0 Å². The van der Waals surface area contributed by atoms with Crippen LogP contribution in [0.4, 0.5) is 0 Å². The van der Waals surface area contributed by atoms with Gasteiger partial charge in [0.25, 0.3) is 0 Å². The molecule has 0 spiro atoms. The second-order valence-electron chi connectivity index (χ2n) is 7.19. The highest BCUT2D eigenvalue weighted by molar-refractivity contribution is 6.31. The average Bonchev–Trinajstić information content (AvgIpc) is 2.62. The van der Waals surface area contributed by atoms with Gasteiger partial charge in [0.1, 0.15) is 5.60 Å². The van der Waals surface area contributed by atoms with Gasteiger partial charge in [-0.05, 0) is 41.3 Å². The lowest BCUT2D eigenvalue weighted by Gasteiger charge is -2.49. The summed E-state index contributed by atoms with van der Waals surface area (Å²) in [7, 11) is 0. The number of quaternary nitrogens is 1. The molecule has 0 aliphatic carbocycles. The maximum atomic E-state index is 12.0. The van der Waals surface area contributed by atoms with Crippen molar-refractivity contribution < 1.29 is 10.0 Å². The van der Waals surface area contributed by atoms with Crippen LogP contribution in [0, 0.1) is 11.8 Å². The molecule has 0 aromatic heterocycles. The van der Waals surface area contributed by atoms with Crippen molar-refractivity contribution in [2.75, 3.05) is 19.6 Å². The zero-order chi connectivity index (χ0) is 16.7. The number of aliphatic hydroxyl groups is 1. The van der Waals surface area contributed by atoms with Crippen molar-refractivity contribution in [1.29, 1.82) is 0 Å². The molecule has 0 amide bonds. The lowest BCUT2D eigenvalue weighted by Crippen LogP contribution is -3.16. The minimum atomic E-state index is -1.05. The number of nitrogens with one attached hydrogen (secondary N) is 1. The summed E-state index contributed by atoms with van der Waals surface area (Å²) in [5.74, 6) is 0.734. The number of benzene rings is 2. The quantitative estimate of drug-likeness (QED) is 0.861. The predicted molar refractivity (Wildman–Crippen MR) is 97.7 cm³/mol. The maximum Gasteiger partial charge on any atom is 0.123 e. The fourth-order valence-electron chi connectivity index (χ4n) is 4.67. The summed E-state index contributed by atoms with van der Waals surface area (Å²) < 4.78 is 0. The van der Waals surface area contributed by atoms with Crippen LogP contribution in [0.5, 0.6) is 0 Å². The molecule has 3 aliphatic rings. The Bertz CT molecular complexity index is 694. The topological polar surface area (TPSA) is 24.7 Å². The Morgan fingerprint density at radius 1 is 0.917 bits per heavy atom. The Hall–Kier alpha value is -1.06. The Morgan fingerprint density at radius 3 is 1.88 bits per heavy atom. The highest BCUT2D eigenvalue weighted by Gasteiger charge is 2.50. The molecule has 0 saturated carbocycles. The molecule has 3 aliphatic heterocycles. The van der Waals surface area contributed by atoms with E-state index in [1.807, 2.05) is 48.5 Å². The van der Waals surface area contributed by atoms with Gasteiger partial charge in [0.2, 0.25) is 0 Å². The smallest absolute Gasteiger partial charge is 0.123 e. The number of fused-ring (bicyclic) bond motifs is 3. The van der Waals surface area contributed by atoms with Crippen LogP contribution < -0.4 is 4.90 Å². The number of hydrogen-bond acceptors (Lipinski definition) is 1. The molecule has 4 heteroatoms. The van der Waals surface area contributed by atoms with Crippen LogP contribution in [0.25, 0.3) is 0 Å². The summed E-state index contributed by atoms with van der Waals surface area (Å²) in [6.45, 7) is 3.45. The van der Waals surface area contributed by atoms with E-state index in [1.165, 1.54) is 25.9 Å². The van der Waals surface area contributed by atoms with E-state index in [4.69, 9.17) is 23.2 Å². The Labute approximate surface area is 153 Å². The van der Waals surface area contributed by atoms with E-state index in [9.17, 15) is 5.11 Å². The molecule has 2 aromatic rings. The molecule has 2 bridgehead atoms. The third-order valence-electron chi connectivity index (χ3n) is 5.88. The second-order valence-corrected chi connectivity index (χ2v) is 8.06. The molecule has 3 saturated heterocycles. The standard InChI is InChI=1S/C20H21Cl2NO/c21-17-5-1-3-15(11-17)20(24,16-4-2-6-18(22)12-16)19-13-23-9-7-14(19)8-10-23/h1-6,11-12,14,19,24H,7-10,13H2/p+1/t19-/m0/s1. The summed E-state index contributed by atoms with van der Waals surface area (Å²) in [5.41, 5.74) is 0.692. The van der Waals surface area contributed by atoms with Crippen molar-refractivity contribution in [3.8, 4) is 0 Å². The zero-order valence-corrected chi connectivity index (χ0v) is 15.0. The van der Waals surface area contributed by atoms with Crippen LogP contribution in [-0.4, -0.2) is 24.7 Å². The first-order chi connectivity index (χ1) is 11.6. The number of halogens is 2. The fourth-order valence-corrected chi connectivity index (χ4v) is 5.05. The van der Waals surface area contributed by atoms with Gasteiger partial charge >= 0.3 is 0 Å². The maximum absolute atomic E-state index is 12.0. The zero-order valence-electron chi connectivity index (χ0n) is 13.5. The molecule has 3 fully saturated rings. The van der Waals surface area contributed by atoms with E-state index in [-0.39, 0.29) is 5.92 Å². The van der Waals surface area contributed by atoms with Crippen LogP contribution in [0.3, 0.4) is 0 Å². The molecule has 0 unspecified atom stereocenters. The van der Waals surface area contributed by atoms with Gasteiger partial charge in [-0.3, -0.25) is 0 Å². The summed E-state index contributed by atoms with van der Waals surface area (Å²) in [5, 5.41) is 13.3. The first kappa shape index (κ1) is 16.4. The molecule has 0 radical (unpaired) electrons. The summed E-state index contributed by atoms with van der Waals surface area (Å²) in [6, 6.07) is 15.3. The first-order valence-corrected chi connectivity index (χ1v) is 9.41. The second kappa shape index (κ2) is 6.34. The molecule has 2 N–H and O–H groups in total. The summed E-state index contributed by atoms with van der Waals surface area (Å²) in [4.78, 5) is 1.60. The Balaban J connectivity index is 1.86. The van der Waals surface area contributed by atoms with Crippen LogP contribution in [-0.2, 0) is 5.60 Å². The van der Waals surface area contributed by atoms with Gasteiger partial charge in [0.05, 0.1) is 19.6 Å². The van der Waals surface area contributed by atoms with Crippen molar-refractivity contribution in [3.05, 3.63) is 69.7 Å². The van der Waals surface area contributed by atoms with E-state index in [2.05, 4.69) is 0 Å². The highest BCUT2D eigenvalue weighted by atomic mass is 35.5. The lowest BCUT2D eigenvalue weighted by molar-refractivity contribution is -0.922. The molecule has 2 aromatic carbocycles.